The maximum Gasteiger partial charge on any atom is 0.389 e. The average molecular weight is 420 g/mol. The molecule has 1 aromatic carbocycles. The standard InChI is InChI=1S/C18H18ClF4N3O2/c19-14-9-13(20)2-1-12(14)10-25-5-7-26(8-6-25)17(27)16-15(28-11-24-16)3-4-18(21,22)23/h1-2,9,11H,3-8,10H2. The molecule has 152 valence electrons. The van der Waals surface area contributed by atoms with E-state index in [4.69, 9.17) is 16.0 Å². The fourth-order valence-electron chi connectivity index (χ4n) is 3.03. The van der Waals surface area contributed by atoms with Crippen molar-refractivity contribution in [1.82, 2.24) is 14.8 Å². The monoisotopic (exact) mass is 419 g/mol. The summed E-state index contributed by atoms with van der Waals surface area (Å²) in [5.41, 5.74) is 0.716. The van der Waals surface area contributed by atoms with Crippen molar-refractivity contribution in [2.45, 2.75) is 25.6 Å². The highest BCUT2D eigenvalue weighted by Crippen LogP contribution is 2.24. The van der Waals surface area contributed by atoms with Crippen LogP contribution in [0.5, 0.6) is 0 Å². The van der Waals surface area contributed by atoms with Gasteiger partial charge in [-0.1, -0.05) is 17.7 Å². The highest BCUT2D eigenvalue weighted by molar-refractivity contribution is 6.31. The van der Waals surface area contributed by atoms with Crippen molar-refractivity contribution in [2.75, 3.05) is 26.2 Å². The summed E-state index contributed by atoms with van der Waals surface area (Å²) in [6.07, 6.45) is -4.84. The first-order valence-electron chi connectivity index (χ1n) is 8.67. The summed E-state index contributed by atoms with van der Waals surface area (Å²) in [4.78, 5) is 20.0. The largest absolute Gasteiger partial charge is 0.448 e. The number of oxazole rings is 1. The third kappa shape index (κ3) is 5.23. The van der Waals surface area contributed by atoms with Crippen molar-refractivity contribution in [3.8, 4) is 0 Å². The Labute approximate surface area is 163 Å². The summed E-state index contributed by atoms with van der Waals surface area (Å²) >= 11 is 6.04. The molecule has 3 rings (SSSR count). The van der Waals surface area contributed by atoms with E-state index >= 15 is 0 Å². The van der Waals surface area contributed by atoms with Gasteiger partial charge in [-0.3, -0.25) is 9.69 Å². The number of benzene rings is 1. The molecule has 0 spiro atoms. The summed E-state index contributed by atoms with van der Waals surface area (Å²) in [6, 6.07) is 4.22. The number of hydrogen-bond donors (Lipinski definition) is 0. The van der Waals surface area contributed by atoms with Crippen molar-refractivity contribution in [3.05, 3.63) is 52.5 Å². The van der Waals surface area contributed by atoms with Crippen LogP contribution in [0.2, 0.25) is 5.02 Å². The molecule has 1 amide bonds. The number of carbonyl (C=O) groups excluding carboxylic acids is 1. The molecule has 2 heterocycles. The summed E-state index contributed by atoms with van der Waals surface area (Å²) in [5.74, 6) is -0.897. The number of halogens is 5. The van der Waals surface area contributed by atoms with E-state index in [2.05, 4.69) is 9.88 Å². The lowest BCUT2D eigenvalue weighted by Crippen LogP contribution is -2.48. The van der Waals surface area contributed by atoms with Gasteiger partial charge >= 0.3 is 6.18 Å². The number of aryl methyl sites for hydroxylation is 1. The highest BCUT2D eigenvalue weighted by atomic mass is 35.5. The van der Waals surface area contributed by atoms with Gasteiger partial charge in [-0.05, 0) is 17.7 Å². The Balaban J connectivity index is 1.56. The molecule has 0 bridgehead atoms. The lowest BCUT2D eigenvalue weighted by Gasteiger charge is -2.34. The van der Waals surface area contributed by atoms with Gasteiger partial charge in [-0.15, -0.1) is 0 Å². The Hall–Kier alpha value is -2.13. The van der Waals surface area contributed by atoms with E-state index in [0.29, 0.717) is 37.7 Å². The molecular weight excluding hydrogens is 402 g/mol. The van der Waals surface area contributed by atoms with Crippen molar-refractivity contribution < 1.29 is 26.8 Å². The Bertz CT molecular complexity index is 832. The first-order chi connectivity index (χ1) is 13.2. The number of hydrogen-bond acceptors (Lipinski definition) is 4. The zero-order chi connectivity index (χ0) is 20.3. The minimum absolute atomic E-state index is 0.0529. The molecule has 0 radical (unpaired) electrons. The van der Waals surface area contributed by atoms with E-state index in [1.165, 1.54) is 17.0 Å². The lowest BCUT2D eigenvalue weighted by molar-refractivity contribution is -0.134. The topological polar surface area (TPSA) is 49.6 Å². The van der Waals surface area contributed by atoms with Crippen molar-refractivity contribution in [1.29, 1.82) is 0 Å². The van der Waals surface area contributed by atoms with Gasteiger partial charge in [0.05, 0.1) is 6.42 Å². The molecule has 28 heavy (non-hydrogen) atoms. The van der Waals surface area contributed by atoms with Crippen LogP contribution in [0.25, 0.3) is 0 Å². The highest BCUT2D eigenvalue weighted by Gasteiger charge is 2.31. The van der Waals surface area contributed by atoms with Gasteiger partial charge in [0.15, 0.2) is 12.1 Å². The predicted octanol–water partition coefficient (Wildman–Crippen LogP) is 3.92. The van der Waals surface area contributed by atoms with E-state index in [1.54, 1.807) is 6.07 Å². The van der Waals surface area contributed by atoms with Crippen LogP contribution >= 0.6 is 11.6 Å². The van der Waals surface area contributed by atoms with Crippen molar-refractivity contribution >= 4 is 17.5 Å². The van der Waals surface area contributed by atoms with Crippen LogP contribution in [-0.2, 0) is 13.0 Å². The van der Waals surface area contributed by atoms with Crippen LogP contribution in [0.1, 0.15) is 28.2 Å². The lowest BCUT2D eigenvalue weighted by atomic mass is 10.1. The van der Waals surface area contributed by atoms with E-state index in [-0.39, 0.29) is 11.5 Å². The molecule has 1 aliphatic heterocycles. The van der Waals surface area contributed by atoms with Crippen molar-refractivity contribution in [3.63, 3.8) is 0 Å². The van der Waals surface area contributed by atoms with Gasteiger partial charge in [-0.25, -0.2) is 9.37 Å². The SMILES string of the molecule is O=C(c1ncoc1CCC(F)(F)F)N1CCN(Cc2ccc(F)cc2Cl)CC1. The summed E-state index contributed by atoms with van der Waals surface area (Å²) in [6.45, 7) is 2.40. The van der Waals surface area contributed by atoms with Crippen LogP contribution in [0.4, 0.5) is 17.6 Å². The van der Waals surface area contributed by atoms with Gasteiger partial charge in [-0.2, -0.15) is 13.2 Å². The first-order valence-corrected chi connectivity index (χ1v) is 9.05. The summed E-state index contributed by atoms with van der Waals surface area (Å²) in [7, 11) is 0. The molecule has 0 atom stereocenters. The molecular formula is C18H18ClF4N3O2. The van der Waals surface area contributed by atoms with E-state index in [0.717, 1.165) is 12.0 Å². The van der Waals surface area contributed by atoms with E-state index < -0.39 is 30.7 Å². The first kappa shape index (κ1) is 20.6. The van der Waals surface area contributed by atoms with Crippen LogP contribution in [-0.4, -0.2) is 53.0 Å². The van der Waals surface area contributed by atoms with E-state index in [1.807, 2.05) is 0 Å². The molecule has 0 N–H and O–H groups in total. The normalized spacial score (nSPS) is 15.8. The molecule has 1 saturated heterocycles. The Morgan fingerprint density at radius 2 is 1.93 bits per heavy atom. The van der Waals surface area contributed by atoms with Gasteiger partial charge in [0.2, 0.25) is 0 Å². The third-order valence-electron chi connectivity index (χ3n) is 4.55. The smallest absolute Gasteiger partial charge is 0.389 e. The average Bonchev–Trinajstić information content (AvgIpc) is 3.10. The zero-order valence-electron chi connectivity index (χ0n) is 14.8. The Morgan fingerprint density at radius 3 is 2.57 bits per heavy atom. The maximum absolute atomic E-state index is 13.1. The van der Waals surface area contributed by atoms with Crippen molar-refractivity contribution in [2.24, 2.45) is 0 Å². The number of piperazine rings is 1. The minimum Gasteiger partial charge on any atom is -0.448 e. The third-order valence-corrected chi connectivity index (χ3v) is 4.90. The molecule has 1 aromatic heterocycles. The molecule has 0 saturated carbocycles. The number of carbonyl (C=O) groups is 1. The quantitative estimate of drug-likeness (QED) is 0.689. The van der Waals surface area contributed by atoms with Gasteiger partial charge in [0.1, 0.15) is 11.6 Å². The maximum atomic E-state index is 13.1. The molecule has 1 aliphatic rings. The fourth-order valence-corrected chi connectivity index (χ4v) is 3.25. The zero-order valence-corrected chi connectivity index (χ0v) is 15.6. The summed E-state index contributed by atoms with van der Waals surface area (Å²) < 4.78 is 55.4. The second-order valence-corrected chi connectivity index (χ2v) is 6.95. The Kier molecular flexibility index (Phi) is 6.24. The predicted molar refractivity (Wildman–Crippen MR) is 93.5 cm³/mol. The summed E-state index contributed by atoms with van der Waals surface area (Å²) in [5, 5.41) is 0.343. The number of aromatic nitrogens is 1. The van der Waals surface area contributed by atoms with Crippen LogP contribution in [0.15, 0.2) is 29.0 Å². The van der Waals surface area contributed by atoms with Gasteiger partial charge in [0.25, 0.3) is 5.91 Å². The molecule has 0 aliphatic carbocycles. The molecule has 0 unspecified atom stereocenters. The molecule has 1 fully saturated rings. The number of nitrogens with zero attached hydrogens (tertiary/aromatic N) is 3. The Morgan fingerprint density at radius 1 is 1.21 bits per heavy atom. The van der Waals surface area contributed by atoms with Crippen LogP contribution in [0, 0.1) is 5.82 Å². The minimum atomic E-state index is -4.33. The van der Waals surface area contributed by atoms with Gasteiger partial charge < -0.3 is 9.32 Å². The van der Waals surface area contributed by atoms with Gasteiger partial charge in [0, 0.05) is 44.2 Å². The molecule has 10 heteroatoms. The van der Waals surface area contributed by atoms with E-state index in [9.17, 15) is 22.4 Å². The number of rotatable bonds is 5. The number of amides is 1. The van der Waals surface area contributed by atoms with Crippen LogP contribution < -0.4 is 0 Å². The molecule has 2 aromatic rings. The molecule has 5 nitrogen and oxygen atoms in total. The second kappa shape index (κ2) is 8.48. The second-order valence-electron chi connectivity index (χ2n) is 6.54. The fraction of sp³-hybridized carbons (Fsp3) is 0.444. The van der Waals surface area contributed by atoms with Crippen LogP contribution in [0.3, 0.4) is 0 Å². The number of alkyl halides is 3.